The quantitative estimate of drug-likeness (QED) is 0.894. The second-order valence-electron chi connectivity index (χ2n) is 5.96. The average Bonchev–Trinajstić information content (AvgIpc) is 2.48. The van der Waals surface area contributed by atoms with Gasteiger partial charge in [0.15, 0.2) is 0 Å². The van der Waals surface area contributed by atoms with Crippen molar-refractivity contribution in [3.05, 3.63) is 48.0 Å². The molecule has 0 bridgehead atoms. The van der Waals surface area contributed by atoms with Gasteiger partial charge in [0.2, 0.25) is 0 Å². The Kier molecular flexibility index (Phi) is 3.47. The lowest BCUT2D eigenvalue weighted by molar-refractivity contribution is -0.151. The molecular formula is C18H20O2. The maximum absolute atomic E-state index is 11.8. The van der Waals surface area contributed by atoms with E-state index in [2.05, 4.69) is 24.3 Å². The highest BCUT2D eigenvalue weighted by Gasteiger charge is 2.39. The van der Waals surface area contributed by atoms with Crippen molar-refractivity contribution in [2.45, 2.75) is 38.5 Å². The van der Waals surface area contributed by atoms with Crippen molar-refractivity contribution in [2.75, 3.05) is 0 Å². The number of rotatable bonds is 3. The summed E-state index contributed by atoms with van der Waals surface area (Å²) in [6.45, 7) is 0. The molecule has 1 aliphatic carbocycles. The average molecular weight is 268 g/mol. The van der Waals surface area contributed by atoms with E-state index >= 15 is 0 Å². The van der Waals surface area contributed by atoms with Gasteiger partial charge in [-0.15, -0.1) is 0 Å². The first-order valence-corrected chi connectivity index (χ1v) is 7.41. The van der Waals surface area contributed by atoms with Crippen LogP contribution in [0.3, 0.4) is 0 Å². The molecule has 2 aromatic rings. The Morgan fingerprint density at radius 2 is 1.70 bits per heavy atom. The maximum Gasteiger partial charge on any atom is 0.309 e. The van der Waals surface area contributed by atoms with Crippen LogP contribution < -0.4 is 0 Å². The molecule has 20 heavy (non-hydrogen) atoms. The molecule has 0 aromatic heterocycles. The zero-order chi connectivity index (χ0) is 14.0. The molecule has 0 amide bonds. The van der Waals surface area contributed by atoms with E-state index in [1.807, 2.05) is 18.2 Å². The van der Waals surface area contributed by atoms with Crippen LogP contribution in [0, 0.1) is 5.41 Å². The van der Waals surface area contributed by atoms with Crippen LogP contribution in [0.15, 0.2) is 42.5 Å². The summed E-state index contributed by atoms with van der Waals surface area (Å²) in [5, 5.41) is 12.1. The number of benzene rings is 2. The van der Waals surface area contributed by atoms with Gasteiger partial charge in [-0.2, -0.15) is 0 Å². The van der Waals surface area contributed by atoms with Crippen LogP contribution in [0.4, 0.5) is 0 Å². The fourth-order valence-electron chi connectivity index (χ4n) is 3.51. The lowest BCUT2D eigenvalue weighted by Crippen LogP contribution is -2.35. The number of carbonyl (C=O) groups is 1. The molecule has 104 valence electrons. The molecule has 1 aliphatic rings. The third kappa shape index (κ3) is 2.31. The van der Waals surface area contributed by atoms with E-state index < -0.39 is 11.4 Å². The van der Waals surface area contributed by atoms with Crippen LogP contribution >= 0.6 is 0 Å². The van der Waals surface area contributed by atoms with Crippen molar-refractivity contribution in [1.29, 1.82) is 0 Å². The number of fused-ring (bicyclic) bond motifs is 1. The summed E-state index contributed by atoms with van der Waals surface area (Å²) in [6.07, 6.45) is 5.53. The Balaban J connectivity index is 2.00. The number of carboxylic acid groups (broad SMARTS) is 1. The molecule has 0 spiro atoms. The highest BCUT2D eigenvalue weighted by Crippen LogP contribution is 2.40. The third-order valence-corrected chi connectivity index (χ3v) is 4.67. The van der Waals surface area contributed by atoms with E-state index in [1.54, 1.807) is 0 Å². The predicted molar refractivity (Wildman–Crippen MR) is 80.8 cm³/mol. The van der Waals surface area contributed by atoms with Gasteiger partial charge in [0, 0.05) is 0 Å². The van der Waals surface area contributed by atoms with E-state index in [-0.39, 0.29) is 0 Å². The summed E-state index contributed by atoms with van der Waals surface area (Å²) < 4.78 is 0. The molecule has 1 N–H and O–H groups in total. The van der Waals surface area contributed by atoms with Crippen molar-refractivity contribution < 1.29 is 9.90 Å². The Bertz CT molecular complexity index is 619. The number of hydrogen-bond acceptors (Lipinski definition) is 1. The Labute approximate surface area is 119 Å². The minimum absolute atomic E-state index is 0.553. The van der Waals surface area contributed by atoms with Crippen molar-refractivity contribution in [3.8, 4) is 0 Å². The first kappa shape index (κ1) is 13.2. The van der Waals surface area contributed by atoms with Gasteiger partial charge < -0.3 is 5.11 Å². The zero-order valence-electron chi connectivity index (χ0n) is 11.6. The first-order valence-electron chi connectivity index (χ1n) is 7.41. The largest absolute Gasteiger partial charge is 0.481 e. The van der Waals surface area contributed by atoms with Crippen molar-refractivity contribution in [2.24, 2.45) is 5.41 Å². The van der Waals surface area contributed by atoms with Crippen LogP contribution in [0.5, 0.6) is 0 Å². The molecule has 0 unspecified atom stereocenters. The van der Waals surface area contributed by atoms with Crippen molar-refractivity contribution >= 4 is 16.7 Å². The molecule has 0 saturated heterocycles. The normalized spacial score (nSPS) is 18.0. The standard InChI is InChI=1S/C18H20O2/c19-17(20)18(11-4-1-5-12-18)13-15-9-6-8-14-7-2-3-10-16(14)15/h2-3,6-10H,1,4-5,11-13H2,(H,19,20). The second kappa shape index (κ2) is 5.28. The topological polar surface area (TPSA) is 37.3 Å². The van der Waals surface area contributed by atoms with E-state index in [9.17, 15) is 9.90 Å². The van der Waals surface area contributed by atoms with E-state index in [0.717, 1.165) is 25.7 Å². The molecule has 2 heteroatoms. The number of aliphatic carboxylic acids is 1. The zero-order valence-corrected chi connectivity index (χ0v) is 11.6. The van der Waals surface area contributed by atoms with Gasteiger partial charge in [0.1, 0.15) is 0 Å². The molecule has 3 rings (SSSR count). The molecule has 0 atom stereocenters. The molecule has 0 radical (unpaired) electrons. The van der Waals surface area contributed by atoms with E-state index in [1.165, 1.54) is 22.8 Å². The van der Waals surface area contributed by atoms with Crippen LogP contribution in [-0.2, 0) is 11.2 Å². The fraction of sp³-hybridized carbons (Fsp3) is 0.389. The van der Waals surface area contributed by atoms with Crippen LogP contribution in [0.25, 0.3) is 10.8 Å². The van der Waals surface area contributed by atoms with Gasteiger partial charge in [-0.25, -0.2) is 0 Å². The molecular weight excluding hydrogens is 248 g/mol. The predicted octanol–water partition coefficient (Wildman–Crippen LogP) is 4.42. The Hall–Kier alpha value is -1.83. The minimum atomic E-state index is -0.620. The summed E-state index contributed by atoms with van der Waals surface area (Å²) >= 11 is 0. The highest BCUT2D eigenvalue weighted by molar-refractivity contribution is 5.86. The summed E-state index contributed by atoms with van der Waals surface area (Å²) in [7, 11) is 0. The van der Waals surface area contributed by atoms with Gasteiger partial charge in [-0.05, 0) is 35.6 Å². The van der Waals surface area contributed by atoms with Gasteiger partial charge in [-0.3, -0.25) is 4.79 Å². The van der Waals surface area contributed by atoms with Crippen LogP contribution in [0.2, 0.25) is 0 Å². The van der Waals surface area contributed by atoms with Crippen LogP contribution in [0.1, 0.15) is 37.7 Å². The van der Waals surface area contributed by atoms with Crippen molar-refractivity contribution in [3.63, 3.8) is 0 Å². The summed E-state index contributed by atoms with van der Waals surface area (Å²) in [5.41, 5.74) is 0.620. The fourth-order valence-corrected chi connectivity index (χ4v) is 3.51. The highest BCUT2D eigenvalue weighted by atomic mass is 16.4. The summed E-state index contributed by atoms with van der Waals surface area (Å²) in [4.78, 5) is 11.8. The van der Waals surface area contributed by atoms with Gasteiger partial charge in [0.05, 0.1) is 5.41 Å². The Morgan fingerprint density at radius 1 is 1.00 bits per heavy atom. The lowest BCUT2D eigenvalue weighted by atomic mass is 9.70. The van der Waals surface area contributed by atoms with E-state index in [0.29, 0.717) is 6.42 Å². The molecule has 0 heterocycles. The SMILES string of the molecule is O=C(O)C1(Cc2cccc3ccccc23)CCCCC1. The second-order valence-corrected chi connectivity index (χ2v) is 5.96. The molecule has 1 fully saturated rings. The van der Waals surface area contributed by atoms with Gasteiger partial charge in [-0.1, -0.05) is 61.7 Å². The number of carboxylic acids is 1. The summed E-state index contributed by atoms with van der Waals surface area (Å²) in [6, 6.07) is 14.5. The Morgan fingerprint density at radius 3 is 2.45 bits per heavy atom. The molecule has 2 aromatic carbocycles. The summed E-state index contributed by atoms with van der Waals surface area (Å²) in [5.74, 6) is -0.620. The van der Waals surface area contributed by atoms with Crippen molar-refractivity contribution in [1.82, 2.24) is 0 Å². The maximum atomic E-state index is 11.8. The smallest absolute Gasteiger partial charge is 0.309 e. The number of hydrogen-bond donors (Lipinski definition) is 1. The van der Waals surface area contributed by atoms with Gasteiger partial charge in [0.25, 0.3) is 0 Å². The van der Waals surface area contributed by atoms with E-state index in [4.69, 9.17) is 0 Å². The first-order chi connectivity index (χ1) is 9.71. The van der Waals surface area contributed by atoms with Gasteiger partial charge >= 0.3 is 5.97 Å². The molecule has 1 saturated carbocycles. The molecule has 2 nitrogen and oxygen atoms in total. The monoisotopic (exact) mass is 268 g/mol. The third-order valence-electron chi connectivity index (χ3n) is 4.67. The lowest BCUT2D eigenvalue weighted by Gasteiger charge is -2.33. The van der Waals surface area contributed by atoms with Crippen LogP contribution in [-0.4, -0.2) is 11.1 Å². The minimum Gasteiger partial charge on any atom is -0.481 e. The molecule has 0 aliphatic heterocycles.